The number of rotatable bonds is 4. The Bertz CT molecular complexity index is 835. The molecule has 2 unspecified atom stereocenters. The third-order valence-corrected chi connectivity index (χ3v) is 7.25. The lowest BCUT2D eigenvalue weighted by Crippen LogP contribution is -2.48. The number of hydrogen-bond donors (Lipinski definition) is 1. The SMILES string of the molecule is CC(C)(C)OC(=O)N1C2CCC1CC(c1nc(OCN3CCCC3)nc3c1CCNC3)C2. The van der Waals surface area contributed by atoms with Gasteiger partial charge < -0.3 is 19.7 Å². The monoisotopic (exact) mass is 443 g/mol. The summed E-state index contributed by atoms with van der Waals surface area (Å²) >= 11 is 0. The van der Waals surface area contributed by atoms with Gasteiger partial charge in [0.05, 0.1) is 11.4 Å². The lowest BCUT2D eigenvalue weighted by Gasteiger charge is -2.40. The van der Waals surface area contributed by atoms with Gasteiger partial charge in [-0.15, -0.1) is 0 Å². The number of carbonyl (C=O) groups excluding carboxylic acids is 1. The highest BCUT2D eigenvalue weighted by molar-refractivity contribution is 5.69. The molecule has 0 aliphatic carbocycles. The van der Waals surface area contributed by atoms with Crippen LogP contribution in [0.1, 0.15) is 82.2 Å². The fraction of sp³-hybridized carbons (Fsp3) is 0.792. The van der Waals surface area contributed by atoms with Crippen LogP contribution in [0.3, 0.4) is 0 Å². The number of hydrogen-bond acceptors (Lipinski definition) is 7. The predicted octanol–water partition coefficient (Wildman–Crippen LogP) is 3.20. The molecule has 3 fully saturated rings. The van der Waals surface area contributed by atoms with Crippen molar-refractivity contribution in [2.45, 2.75) is 95.9 Å². The van der Waals surface area contributed by atoms with E-state index in [0.717, 1.165) is 69.7 Å². The molecule has 2 atom stereocenters. The molecular weight excluding hydrogens is 406 g/mol. The van der Waals surface area contributed by atoms with Gasteiger partial charge >= 0.3 is 12.1 Å². The second-order valence-electron chi connectivity index (χ2n) is 10.8. The largest absolute Gasteiger partial charge is 0.447 e. The van der Waals surface area contributed by atoms with Crippen molar-refractivity contribution in [1.29, 1.82) is 0 Å². The molecule has 0 spiro atoms. The van der Waals surface area contributed by atoms with Crippen LogP contribution in [0, 0.1) is 0 Å². The molecule has 5 heterocycles. The molecule has 1 N–H and O–H groups in total. The van der Waals surface area contributed by atoms with E-state index in [1.165, 1.54) is 18.4 Å². The van der Waals surface area contributed by atoms with Crippen LogP contribution in [0.5, 0.6) is 6.01 Å². The van der Waals surface area contributed by atoms with Gasteiger partial charge in [0.15, 0.2) is 0 Å². The van der Waals surface area contributed by atoms with Crippen LogP contribution in [-0.2, 0) is 17.7 Å². The highest BCUT2D eigenvalue weighted by Gasteiger charge is 2.46. The zero-order valence-corrected chi connectivity index (χ0v) is 19.7. The number of ether oxygens (including phenoxy) is 2. The fourth-order valence-electron chi connectivity index (χ4n) is 5.84. The van der Waals surface area contributed by atoms with Gasteiger partial charge in [-0.1, -0.05) is 0 Å². The van der Waals surface area contributed by atoms with Crippen molar-refractivity contribution >= 4 is 6.09 Å². The van der Waals surface area contributed by atoms with Gasteiger partial charge in [0.1, 0.15) is 12.3 Å². The first kappa shape index (κ1) is 21.9. The van der Waals surface area contributed by atoms with E-state index >= 15 is 0 Å². The summed E-state index contributed by atoms with van der Waals surface area (Å²) in [6, 6.07) is 0.973. The summed E-state index contributed by atoms with van der Waals surface area (Å²) in [5.41, 5.74) is 3.08. The normalized spacial score (nSPS) is 28.0. The molecule has 1 amide bonds. The first-order chi connectivity index (χ1) is 15.4. The number of likely N-dealkylation sites (tertiary alicyclic amines) is 1. The summed E-state index contributed by atoms with van der Waals surface area (Å²) in [7, 11) is 0. The minimum absolute atomic E-state index is 0.160. The van der Waals surface area contributed by atoms with Crippen molar-refractivity contribution < 1.29 is 14.3 Å². The van der Waals surface area contributed by atoms with Crippen molar-refractivity contribution in [2.24, 2.45) is 0 Å². The van der Waals surface area contributed by atoms with Gasteiger partial charge in [0.2, 0.25) is 0 Å². The Hall–Kier alpha value is -1.93. The first-order valence-electron chi connectivity index (χ1n) is 12.3. The molecule has 0 saturated carbocycles. The molecule has 5 rings (SSSR count). The van der Waals surface area contributed by atoms with Gasteiger partial charge in [-0.2, -0.15) is 9.97 Å². The zero-order chi connectivity index (χ0) is 22.3. The maximum absolute atomic E-state index is 12.9. The topological polar surface area (TPSA) is 79.8 Å². The Kier molecular flexibility index (Phi) is 6.01. The maximum atomic E-state index is 12.9. The van der Waals surface area contributed by atoms with E-state index in [-0.39, 0.29) is 18.2 Å². The second-order valence-corrected chi connectivity index (χ2v) is 10.8. The van der Waals surface area contributed by atoms with Gasteiger partial charge in [-0.3, -0.25) is 4.90 Å². The summed E-state index contributed by atoms with van der Waals surface area (Å²) in [6.07, 6.45) is 7.26. The first-order valence-corrected chi connectivity index (χ1v) is 12.3. The van der Waals surface area contributed by atoms with Gasteiger partial charge in [-0.25, -0.2) is 4.79 Å². The van der Waals surface area contributed by atoms with E-state index < -0.39 is 5.60 Å². The second kappa shape index (κ2) is 8.78. The summed E-state index contributed by atoms with van der Waals surface area (Å²) in [5, 5.41) is 3.44. The number of amides is 1. The van der Waals surface area contributed by atoms with E-state index in [9.17, 15) is 4.79 Å². The van der Waals surface area contributed by atoms with Crippen LogP contribution in [0.15, 0.2) is 0 Å². The van der Waals surface area contributed by atoms with Crippen LogP contribution < -0.4 is 10.1 Å². The molecule has 32 heavy (non-hydrogen) atoms. The van der Waals surface area contributed by atoms with Gasteiger partial charge in [0.25, 0.3) is 0 Å². The fourth-order valence-corrected chi connectivity index (χ4v) is 5.84. The summed E-state index contributed by atoms with van der Waals surface area (Å²) < 4.78 is 11.8. The Morgan fingerprint density at radius 1 is 1.12 bits per heavy atom. The van der Waals surface area contributed by atoms with Crippen LogP contribution >= 0.6 is 0 Å². The van der Waals surface area contributed by atoms with Crippen LogP contribution in [-0.4, -0.2) is 69.9 Å². The molecule has 8 heteroatoms. The van der Waals surface area contributed by atoms with E-state index in [1.807, 2.05) is 25.7 Å². The molecule has 3 saturated heterocycles. The van der Waals surface area contributed by atoms with E-state index in [4.69, 9.17) is 19.4 Å². The van der Waals surface area contributed by atoms with Crippen molar-refractivity contribution in [2.75, 3.05) is 26.4 Å². The Labute approximate surface area is 191 Å². The van der Waals surface area contributed by atoms with Crippen LogP contribution in [0.2, 0.25) is 0 Å². The Balaban J connectivity index is 1.35. The smallest absolute Gasteiger partial charge is 0.410 e. The number of fused-ring (bicyclic) bond motifs is 3. The number of piperidine rings is 1. The van der Waals surface area contributed by atoms with Crippen LogP contribution in [0.25, 0.3) is 0 Å². The number of nitrogens with one attached hydrogen (secondary N) is 1. The Morgan fingerprint density at radius 3 is 2.53 bits per heavy atom. The highest BCUT2D eigenvalue weighted by atomic mass is 16.6. The standard InChI is InChI=1S/C24H37N5O3/c1-24(2,3)32-23(30)29-17-6-7-18(29)13-16(12-17)21-19-8-9-25-14-20(19)26-22(27-21)31-15-28-10-4-5-11-28/h16-18,25H,4-15H2,1-3H3. The number of carbonyl (C=O) groups is 1. The van der Waals surface area contributed by atoms with Gasteiger partial charge in [0, 0.05) is 37.6 Å². The summed E-state index contributed by atoms with van der Waals surface area (Å²) in [6.45, 7) is 10.3. The van der Waals surface area contributed by atoms with Crippen LogP contribution in [0.4, 0.5) is 4.79 Å². The molecule has 0 radical (unpaired) electrons. The number of nitrogens with zero attached hydrogens (tertiary/aromatic N) is 4. The molecule has 0 aromatic carbocycles. The zero-order valence-electron chi connectivity index (χ0n) is 19.7. The predicted molar refractivity (Wildman–Crippen MR) is 121 cm³/mol. The van der Waals surface area contributed by atoms with Crippen molar-refractivity contribution in [3.05, 3.63) is 17.0 Å². The molecule has 176 valence electrons. The van der Waals surface area contributed by atoms with Crippen molar-refractivity contribution in [3.8, 4) is 6.01 Å². The minimum Gasteiger partial charge on any atom is -0.447 e. The lowest BCUT2D eigenvalue weighted by atomic mass is 9.84. The number of aromatic nitrogens is 2. The average molecular weight is 444 g/mol. The third-order valence-electron chi connectivity index (χ3n) is 7.25. The van der Waals surface area contributed by atoms with E-state index in [1.54, 1.807) is 0 Å². The molecule has 1 aromatic rings. The molecule has 1 aromatic heterocycles. The Morgan fingerprint density at radius 2 is 1.84 bits per heavy atom. The molecule has 4 aliphatic rings. The van der Waals surface area contributed by atoms with Gasteiger partial charge in [-0.05, 0) is 77.8 Å². The molecule has 2 bridgehead atoms. The maximum Gasteiger partial charge on any atom is 0.410 e. The molecule has 8 nitrogen and oxygen atoms in total. The van der Waals surface area contributed by atoms with E-state index in [2.05, 4.69) is 10.2 Å². The molecular formula is C24H37N5O3. The summed E-state index contributed by atoms with van der Waals surface area (Å²) in [5.74, 6) is 0.343. The van der Waals surface area contributed by atoms with Crippen molar-refractivity contribution in [3.63, 3.8) is 0 Å². The quantitative estimate of drug-likeness (QED) is 0.765. The van der Waals surface area contributed by atoms with Crippen molar-refractivity contribution in [1.82, 2.24) is 25.1 Å². The summed E-state index contributed by atoms with van der Waals surface area (Å²) in [4.78, 5) is 26.9. The average Bonchev–Trinajstić information content (AvgIpc) is 3.36. The lowest BCUT2D eigenvalue weighted by molar-refractivity contribution is 0.00561. The molecule has 4 aliphatic heterocycles. The van der Waals surface area contributed by atoms with E-state index in [0.29, 0.717) is 18.7 Å². The minimum atomic E-state index is -0.465. The highest BCUT2D eigenvalue weighted by Crippen LogP contribution is 2.44. The third kappa shape index (κ3) is 4.57.